The Hall–Kier alpha value is -0.820. The van der Waals surface area contributed by atoms with Gasteiger partial charge in [0.25, 0.3) is 0 Å². The third-order valence-corrected chi connectivity index (χ3v) is 4.95. The highest BCUT2D eigenvalue weighted by atomic mass is 127. The Balaban J connectivity index is 1.74. The van der Waals surface area contributed by atoms with Crippen molar-refractivity contribution in [2.75, 3.05) is 20.2 Å². The molecule has 0 aliphatic carbocycles. The van der Waals surface area contributed by atoms with Gasteiger partial charge in [-0.15, -0.1) is 0 Å². The van der Waals surface area contributed by atoms with E-state index in [9.17, 15) is 4.79 Å². The lowest BCUT2D eigenvalue weighted by atomic mass is 9.93. The minimum atomic E-state index is -0.443. The number of hydrogen-bond acceptors (Lipinski definition) is 4. The van der Waals surface area contributed by atoms with Gasteiger partial charge in [0.05, 0.1) is 7.11 Å². The second-order valence-corrected chi connectivity index (χ2v) is 6.72. The number of benzene rings is 1. The first kappa shape index (κ1) is 14.1. The average Bonchev–Trinajstić information content (AvgIpc) is 2.95. The molecule has 108 valence electrons. The molecule has 4 nitrogen and oxygen atoms in total. The number of hydrogen-bond donors (Lipinski definition) is 0. The molecule has 0 radical (unpaired) electrons. The summed E-state index contributed by atoms with van der Waals surface area (Å²) in [4.78, 5) is 14.4. The van der Waals surface area contributed by atoms with Crippen LogP contribution in [-0.2, 0) is 9.53 Å². The van der Waals surface area contributed by atoms with Crippen molar-refractivity contribution in [3.8, 4) is 5.75 Å². The van der Waals surface area contributed by atoms with Crippen molar-refractivity contribution in [2.45, 2.75) is 30.9 Å². The van der Waals surface area contributed by atoms with Crippen molar-refractivity contribution < 1.29 is 14.3 Å². The zero-order valence-electron chi connectivity index (χ0n) is 11.5. The third-order valence-electron chi connectivity index (χ3n) is 4.28. The van der Waals surface area contributed by atoms with Crippen molar-refractivity contribution in [3.63, 3.8) is 0 Å². The standard InChI is InChI=1S/C15H18INO3/c1-19-14(18)15-6-3-7-17(15)10-13(9-15)20-12-5-2-4-11(16)8-12/h2,4-5,8,13H,3,6-7,9-10H2,1H3/t13-,15-/m0/s1. The number of nitrogens with zero attached hydrogens (tertiary/aromatic N) is 1. The lowest BCUT2D eigenvalue weighted by Crippen LogP contribution is -2.46. The van der Waals surface area contributed by atoms with Gasteiger partial charge in [0, 0.05) is 16.5 Å². The minimum absolute atomic E-state index is 0.0626. The van der Waals surface area contributed by atoms with Gasteiger partial charge in [0.2, 0.25) is 0 Å². The largest absolute Gasteiger partial charge is 0.489 e. The summed E-state index contributed by atoms with van der Waals surface area (Å²) in [5, 5.41) is 0. The van der Waals surface area contributed by atoms with E-state index in [1.165, 1.54) is 7.11 Å². The number of rotatable bonds is 3. The fraction of sp³-hybridized carbons (Fsp3) is 0.533. The first-order chi connectivity index (χ1) is 9.64. The lowest BCUT2D eigenvalue weighted by Gasteiger charge is -2.27. The van der Waals surface area contributed by atoms with Crippen LogP contribution in [0.15, 0.2) is 24.3 Å². The SMILES string of the molecule is COC(=O)[C@@]12CCCN1C[C@@H](Oc1cccc(I)c1)C2. The molecule has 2 heterocycles. The molecule has 2 fully saturated rings. The monoisotopic (exact) mass is 387 g/mol. The van der Waals surface area contributed by atoms with E-state index < -0.39 is 5.54 Å². The van der Waals surface area contributed by atoms with Crippen molar-refractivity contribution in [2.24, 2.45) is 0 Å². The molecule has 20 heavy (non-hydrogen) atoms. The molecule has 0 saturated carbocycles. The van der Waals surface area contributed by atoms with Crippen LogP contribution in [0.25, 0.3) is 0 Å². The molecule has 2 aliphatic heterocycles. The highest BCUT2D eigenvalue weighted by Crippen LogP contribution is 2.41. The van der Waals surface area contributed by atoms with Gasteiger partial charge in [-0.1, -0.05) is 6.07 Å². The predicted molar refractivity (Wildman–Crippen MR) is 83.7 cm³/mol. The van der Waals surface area contributed by atoms with Crippen LogP contribution >= 0.6 is 22.6 Å². The first-order valence-electron chi connectivity index (χ1n) is 6.90. The highest BCUT2D eigenvalue weighted by molar-refractivity contribution is 14.1. The van der Waals surface area contributed by atoms with E-state index in [4.69, 9.17) is 9.47 Å². The van der Waals surface area contributed by atoms with E-state index in [-0.39, 0.29) is 12.1 Å². The zero-order valence-corrected chi connectivity index (χ0v) is 13.6. The van der Waals surface area contributed by atoms with Crippen LogP contribution in [0.3, 0.4) is 0 Å². The van der Waals surface area contributed by atoms with Crippen LogP contribution in [0.2, 0.25) is 0 Å². The van der Waals surface area contributed by atoms with Crippen LogP contribution in [0, 0.1) is 3.57 Å². The van der Waals surface area contributed by atoms with Crippen LogP contribution in [0.5, 0.6) is 5.75 Å². The third kappa shape index (κ3) is 2.41. The summed E-state index contributed by atoms with van der Waals surface area (Å²) in [7, 11) is 1.47. The topological polar surface area (TPSA) is 38.8 Å². The summed E-state index contributed by atoms with van der Waals surface area (Å²) >= 11 is 2.27. The normalized spacial score (nSPS) is 29.2. The summed E-state index contributed by atoms with van der Waals surface area (Å²) in [6.07, 6.45) is 2.73. The summed E-state index contributed by atoms with van der Waals surface area (Å²) in [6, 6.07) is 8.02. The second-order valence-electron chi connectivity index (χ2n) is 5.47. The molecule has 2 atom stereocenters. The van der Waals surface area contributed by atoms with E-state index in [0.717, 1.165) is 41.7 Å². The molecule has 1 aromatic rings. The second kappa shape index (κ2) is 5.52. The Morgan fingerprint density at radius 2 is 2.35 bits per heavy atom. The Morgan fingerprint density at radius 1 is 1.50 bits per heavy atom. The van der Waals surface area contributed by atoms with Crippen molar-refractivity contribution in [3.05, 3.63) is 27.8 Å². The molecular weight excluding hydrogens is 369 g/mol. The first-order valence-corrected chi connectivity index (χ1v) is 7.98. The number of ether oxygens (including phenoxy) is 2. The molecule has 0 amide bonds. The van der Waals surface area contributed by atoms with Gasteiger partial charge >= 0.3 is 5.97 Å². The maximum Gasteiger partial charge on any atom is 0.326 e. The molecule has 0 spiro atoms. The fourth-order valence-corrected chi connectivity index (χ4v) is 3.95. The van der Waals surface area contributed by atoms with Gasteiger partial charge in [0.1, 0.15) is 17.4 Å². The van der Waals surface area contributed by atoms with Crippen molar-refractivity contribution in [1.82, 2.24) is 4.90 Å². The van der Waals surface area contributed by atoms with Gasteiger partial charge in [-0.25, -0.2) is 0 Å². The number of carbonyl (C=O) groups excluding carboxylic acids is 1. The van der Waals surface area contributed by atoms with E-state index >= 15 is 0 Å². The molecule has 0 aromatic heterocycles. The van der Waals surface area contributed by atoms with Gasteiger partial charge in [-0.05, 0) is 60.2 Å². The number of carbonyl (C=O) groups is 1. The molecule has 0 unspecified atom stereocenters. The number of esters is 1. The van der Waals surface area contributed by atoms with Crippen LogP contribution in [0.4, 0.5) is 0 Å². The highest BCUT2D eigenvalue weighted by Gasteiger charge is 2.55. The molecular formula is C15H18INO3. The summed E-state index contributed by atoms with van der Waals surface area (Å²) in [5.41, 5.74) is -0.443. The molecule has 2 aliphatic rings. The predicted octanol–water partition coefficient (Wildman–Crippen LogP) is 2.45. The Labute approximate surface area is 132 Å². The van der Waals surface area contributed by atoms with Gasteiger partial charge < -0.3 is 9.47 Å². The summed E-state index contributed by atoms with van der Waals surface area (Å²) in [5.74, 6) is 0.770. The maximum absolute atomic E-state index is 12.1. The van der Waals surface area contributed by atoms with Gasteiger partial charge in [-0.3, -0.25) is 9.69 Å². The van der Waals surface area contributed by atoms with Crippen molar-refractivity contribution in [1.29, 1.82) is 0 Å². The van der Waals surface area contributed by atoms with E-state index in [1.807, 2.05) is 24.3 Å². The molecule has 0 bridgehead atoms. The molecule has 0 N–H and O–H groups in total. The van der Waals surface area contributed by atoms with Gasteiger partial charge in [0.15, 0.2) is 0 Å². The maximum atomic E-state index is 12.1. The van der Waals surface area contributed by atoms with E-state index in [1.54, 1.807) is 0 Å². The number of methoxy groups -OCH3 is 1. The molecule has 5 heteroatoms. The fourth-order valence-electron chi connectivity index (χ4n) is 3.43. The van der Waals surface area contributed by atoms with Crippen LogP contribution in [-0.4, -0.2) is 42.7 Å². The van der Waals surface area contributed by atoms with Crippen LogP contribution in [0.1, 0.15) is 19.3 Å². The van der Waals surface area contributed by atoms with Crippen LogP contribution < -0.4 is 4.74 Å². The van der Waals surface area contributed by atoms with Gasteiger partial charge in [-0.2, -0.15) is 0 Å². The van der Waals surface area contributed by atoms with Crippen molar-refractivity contribution >= 4 is 28.6 Å². The number of halogens is 1. The Morgan fingerprint density at radius 3 is 3.10 bits per heavy atom. The lowest BCUT2D eigenvalue weighted by molar-refractivity contribution is -0.151. The molecule has 2 saturated heterocycles. The zero-order chi connectivity index (χ0) is 14.2. The average molecular weight is 387 g/mol. The molecule has 1 aromatic carbocycles. The number of fused-ring (bicyclic) bond motifs is 1. The summed E-state index contributed by atoms with van der Waals surface area (Å²) in [6.45, 7) is 1.77. The Bertz CT molecular complexity index is 522. The Kier molecular flexibility index (Phi) is 3.90. The smallest absolute Gasteiger partial charge is 0.326 e. The minimum Gasteiger partial charge on any atom is -0.489 e. The van der Waals surface area contributed by atoms with E-state index in [0.29, 0.717) is 0 Å². The quantitative estimate of drug-likeness (QED) is 0.590. The summed E-state index contributed by atoms with van der Waals surface area (Å²) < 4.78 is 12.2. The van der Waals surface area contributed by atoms with E-state index in [2.05, 4.69) is 27.5 Å². The molecule has 3 rings (SSSR count).